The molecule has 0 aliphatic carbocycles. The number of nitrogens with zero attached hydrogens (tertiary/aromatic N) is 2. The summed E-state index contributed by atoms with van der Waals surface area (Å²) in [5, 5.41) is 6.70. The predicted octanol–water partition coefficient (Wildman–Crippen LogP) is 1.54. The van der Waals surface area contributed by atoms with Crippen LogP contribution < -0.4 is 5.32 Å². The average molecular weight is 239 g/mol. The van der Waals surface area contributed by atoms with Gasteiger partial charge in [0, 0.05) is 30.6 Å². The maximum Gasteiger partial charge on any atom is 0.0940 e. The quantitative estimate of drug-likeness (QED) is 0.845. The molecule has 1 aromatic rings. The second-order valence-corrected chi connectivity index (χ2v) is 5.59. The summed E-state index contributed by atoms with van der Waals surface area (Å²) in [6.07, 6.45) is 2.46. The second kappa shape index (κ2) is 5.75. The number of nitrogens with one attached hydrogen (secondary N) is 1. The number of aromatic nitrogens is 1. The van der Waals surface area contributed by atoms with Crippen molar-refractivity contribution in [1.29, 1.82) is 0 Å². The summed E-state index contributed by atoms with van der Waals surface area (Å²) in [6.45, 7) is 6.92. The summed E-state index contributed by atoms with van der Waals surface area (Å²) < 4.78 is 0. The van der Waals surface area contributed by atoms with Crippen molar-refractivity contribution in [2.75, 3.05) is 33.2 Å². The van der Waals surface area contributed by atoms with Crippen LogP contribution in [0.25, 0.3) is 0 Å². The monoisotopic (exact) mass is 239 g/mol. The van der Waals surface area contributed by atoms with Crippen molar-refractivity contribution in [2.24, 2.45) is 5.92 Å². The first-order valence-corrected chi connectivity index (χ1v) is 6.94. The molecule has 0 spiro atoms. The molecule has 1 aliphatic rings. The van der Waals surface area contributed by atoms with E-state index >= 15 is 0 Å². The standard InChI is InChI=1S/C12H21N3S/c1-10-9-16-12(14-10)4-6-15-5-3-11(8-15)7-13-2/h9,11,13H,3-8H2,1-2H3. The van der Waals surface area contributed by atoms with Gasteiger partial charge in [0.25, 0.3) is 0 Å². The fourth-order valence-corrected chi connectivity index (χ4v) is 3.11. The van der Waals surface area contributed by atoms with Crippen LogP contribution in [0.1, 0.15) is 17.1 Å². The lowest BCUT2D eigenvalue weighted by Crippen LogP contribution is -2.26. The van der Waals surface area contributed by atoms with Gasteiger partial charge in [0.15, 0.2) is 0 Å². The Morgan fingerprint density at radius 2 is 2.50 bits per heavy atom. The van der Waals surface area contributed by atoms with Crippen molar-refractivity contribution in [2.45, 2.75) is 19.8 Å². The molecule has 0 radical (unpaired) electrons. The largest absolute Gasteiger partial charge is 0.319 e. The van der Waals surface area contributed by atoms with Crippen LogP contribution in [0.4, 0.5) is 0 Å². The Bertz CT molecular complexity index is 324. The highest BCUT2D eigenvalue weighted by molar-refractivity contribution is 7.09. The third-order valence-electron chi connectivity index (χ3n) is 3.17. The van der Waals surface area contributed by atoms with Crippen molar-refractivity contribution in [3.05, 3.63) is 16.1 Å². The Morgan fingerprint density at radius 3 is 3.19 bits per heavy atom. The van der Waals surface area contributed by atoms with Gasteiger partial charge in [-0.2, -0.15) is 0 Å². The van der Waals surface area contributed by atoms with Crippen molar-refractivity contribution in [3.63, 3.8) is 0 Å². The highest BCUT2D eigenvalue weighted by Crippen LogP contribution is 2.16. The van der Waals surface area contributed by atoms with Gasteiger partial charge < -0.3 is 10.2 Å². The van der Waals surface area contributed by atoms with Gasteiger partial charge in [0.1, 0.15) is 0 Å². The minimum atomic E-state index is 0.850. The van der Waals surface area contributed by atoms with E-state index in [2.05, 4.69) is 27.5 Å². The first-order valence-electron chi connectivity index (χ1n) is 6.06. The van der Waals surface area contributed by atoms with E-state index in [9.17, 15) is 0 Å². The van der Waals surface area contributed by atoms with E-state index in [-0.39, 0.29) is 0 Å². The normalized spacial score (nSPS) is 21.8. The van der Waals surface area contributed by atoms with Crippen LogP contribution in [0.2, 0.25) is 0 Å². The van der Waals surface area contributed by atoms with Crippen LogP contribution in [0.3, 0.4) is 0 Å². The Morgan fingerprint density at radius 1 is 1.62 bits per heavy atom. The van der Waals surface area contributed by atoms with Gasteiger partial charge in [-0.1, -0.05) is 0 Å². The van der Waals surface area contributed by atoms with Crippen molar-refractivity contribution in [1.82, 2.24) is 15.2 Å². The molecule has 1 atom stereocenters. The van der Waals surface area contributed by atoms with E-state index in [0.717, 1.165) is 24.6 Å². The molecule has 1 aliphatic heterocycles. The second-order valence-electron chi connectivity index (χ2n) is 4.65. The first kappa shape index (κ1) is 12.0. The molecule has 0 saturated carbocycles. The van der Waals surface area contributed by atoms with Crippen molar-refractivity contribution >= 4 is 11.3 Å². The summed E-state index contributed by atoms with van der Waals surface area (Å²) >= 11 is 1.79. The van der Waals surface area contributed by atoms with E-state index in [0.29, 0.717) is 0 Å². The molecule has 0 bridgehead atoms. The highest BCUT2D eigenvalue weighted by atomic mass is 32.1. The maximum absolute atomic E-state index is 4.51. The summed E-state index contributed by atoms with van der Waals surface area (Å²) in [5.41, 5.74) is 1.16. The van der Waals surface area contributed by atoms with Gasteiger partial charge in [-0.25, -0.2) is 4.98 Å². The molecule has 2 rings (SSSR count). The topological polar surface area (TPSA) is 28.2 Å². The fourth-order valence-electron chi connectivity index (χ4n) is 2.34. The summed E-state index contributed by atoms with van der Waals surface area (Å²) in [6, 6.07) is 0. The number of likely N-dealkylation sites (tertiary alicyclic amines) is 1. The van der Waals surface area contributed by atoms with E-state index in [4.69, 9.17) is 0 Å². The molecule has 1 N–H and O–H groups in total. The van der Waals surface area contributed by atoms with Crippen LogP contribution in [-0.4, -0.2) is 43.1 Å². The van der Waals surface area contributed by atoms with E-state index < -0.39 is 0 Å². The number of hydrogen-bond donors (Lipinski definition) is 1. The van der Waals surface area contributed by atoms with Crippen molar-refractivity contribution in [3.8, 4) is 0 Å². The lowest BCUT2D eigenvalue weighted by Gasteiger charge is -2.14. The predicted molar refractivity (Wildman–Crippen MR) is 69.0 cm³/mol. The lowest BCUT2D eigenvalue weighted by molar-refractivity contribution is 0.327. The zero-order chi connectivity index (χ0) is 11.4. The molecule has 4 heteroatoms. The molecule has 1 unspecified atom stereocenters. The van der Waals surface area contributed by atoms with Gasteiger partial charge in [-0.15, -0.1) is 11.3 Å². The van der Waals surface area contributed by atoms with Crippen LogP contribution in [0.5, 0.6) is 0 Å². The number of rotatable bonds is 5. The van der Waals surface area contributed by atoms with Gasteiger partial charge in [0.05, 0.1) is 5.01 Å². The van der Waals surface area contributed by atoms with Crippen LogP contribution in [0, 0.1) is 12.8 Å². The molecule has 1 saturated heterocycles. The molecular formula is C12H21N3S. The molecule has 3 nitrogen and oxygen atoms in total. The van der Waals surface area contributed by atoms with Crippen LogP contribution >= 0.6 is 11.3 Å². The van der Waals surface area contributed by atoms with Crippen molar-refractivity contribution < 1.29 is 0 Å². The van der Waals surface area contributed by atoms with E-state index in [1.165, 1.54) is 31.1 Å². The smallest absolute Gasteiger partial charge is 0.0940 e. The molecule has 2 heterocycles. The van der Waals surface area contributed by atoms with E-state index in [1.54, 1.807) is 11.3 Å². The minimum Gasteiger partial charge on any atom is -0.319 e. The van der Waals surface area contributed by atoms with Crippen LogP contribution in [-0.2, 0) is 6.42 Å². The molecule has 1 aromatic heterocycles. The van der Waals surface area contributed by atoms with Crippen LogP contribution in [0.15, 0.2) is 5.38 Å². The third kappa shape index (κ3) is 3.27. The lowest BCUT2D eigenvalue weighted by atomic mass is 10.1. The number of thiazole rings is 1. The molecule has 0 aromatic carbocycles. The van der Waals surface area contributed by atoms with Gasteiger partial charge in [-0.05, 0) is 39.4 Å². The minimum absolute atomic E-state index is 0.850. The summed E-state index contributed by atoms with van der Waals surface area (Å²) in [5.74, 6) is 0.850. The zero-order valence-corrected chi connectivity index (χ0v) is 11.0. The third-order valence-corrected chi connectivity index (χ3v) is 4.20. The fraction of sp³-hybridized carbons (Fsp3) is 0.750. The summed E-state index contributed by atoms with van der Waals surface area (Å²) in [7, 11) is 2.04. The zero-order valence-electron chi connectivity index (χ0n) is 10.2. The summed E-state index contributed by atoms with van der Waals surface area (Å²) in [4.78, 5) is 7.07. The van der Waals surface area contributed by atoms with Gasteiger partial charge in [-0.3, -0.25) is 0 Å². The Kier molecular flexibility index (Phi) is 4.32. The van der Waals surface area contributed by atoms with E-state index in [1.807, 2.05) is 7.05 Å². The Balaban J connectivity index is 1.71. The first-order chi connectivity index (χ1) is 7.78. The average Bonchev–Trinajstić information content (AvgIpc) is 2.85. The molecule has 16 heavy (non-hydrogen) atoms. The van der Waals surface area contributed by atoms with Gasteiger partial charge >= 0.3 is 0 Å². The molecule has 1 fully saturated rings. The molecular weight excluding hydrogens is 218 g/mol. The van der Waals surface area contributed by atoms with Gasteiger partial charge in [0.2, 0.25) is 0 Å². The maximum atomic E-state index is 4.51. The molecule has 90 valence electrons. The SMILES string of the molecule is CNCC1CCN(CCc2nc(C)cs2)C1. The number of aryl methyl sites for hydroxylation is 1. The Hall–Kier alpha value is -0.450. The molecule has 0 amide bonds. The Labute approximate surface area is 102 Å². The highest BCUT2D eigenvalue weighted by Gasteiger charge is 2.21. The number of hydrogen-bond acceptors (Lipinski definition) is 4.